The first-order valence-electron chi connectivity index (χ1n) is 4.86. The Morgan fingerprint density at radius 2 is 1.86 bits per heavy atom. The lowest BCUT2D eigenvalue weighted by molar-refractivity contribution is -0.140. The van der Waals surface area contributed by atoms with Crippen molar-refractivity contribution in [1.29, 1.82) is 0 Å². The molecule has 2 fully saturated rings. The van der Waals surface area contributed by atoms with E-state index in [0.717, 1.165) is 12.8 Å². The Hall–Kier alpha value is -1.10. The summed E-state index contributed by atoms with van der Waals surface area (Å²) in [6, 6.07) is 0.377. The van der Waals surface area contributed by atoms with Gasteiger partial charge in [-0.1, -0.05) is 0 Å². The van der Waals surface area contributed by atoms with Crippen LogP contribution in [0.15, 0.2) is 0 Å². The molecule has 0 radical (unpaired) electrons. The maximum atomic E-state index is 11.4. The minimum absolute atomic E-state index is 0.116. The van der Waals surface area contributed by atoms with Gasteiger partial charge in [0.2, 0.25) is 5.91 Å². The Morgan fingerprint density at radius 3 is 2.29 bits per heavy atom. The van der Waals surface area contributed by atoms with Crippen LogP contribution in [-0.4, -0.2) is 29.1 Å². The first-order valence-corrected chi connectivity index (χ1v) is 4.86. The van der Waals surface area contributed by atoms with Crippen molar-refractivity contribution in [3.05, 3.63) is 0 Å². The number of nitrogens with two attached hydrogens (primary N) is 1. The molecule has 78 valence electrons. The van der Waals surface area contributed by atoms with E-state index in [0.29, 0.717) is 6.42 Å². The van der Waals surface area contributed by atoms with Crippen molar-refractivity contribution in [3.8, 4) is 0 Å². The summed E-state index contributed by atoms with van der Waals surface area (Å²) in [7, 11) is 0. The Bertz CT molecular complexity index is 273. The van der Waals surface area contributed by atoms with Crippen molar-refractivity contribution in [2.75, 3.05) is 0 Å². The van der Waals surface area contributed by atoms with Gasteiger partial charge in [0, 0.05) is 12.1 Å². The third kappa shape index (κ3) is 1.72. The number of nitrogens with one attached hydrogen (secondary N) is 1. The van der Waals surface area contributed by atoms with Crippen LogP contribution in [0.2, 0.25) is 0 Å². The quantitative estimate of drug-likeness (QED) is 0.559. The van der Waals surface area contributed by atoms with Gasteiger partial charge in [-0.3, -0.25) is 9.59 Å². The minimum atomic E-state index is -0.865. The highest BCUT2D eigenvalue weighted by Crippen LogP contribution is 2.39. The lowest BCUT2D eigenvalue weighted by atomic mass is 9.87. The van der Waals surface area contributed by atoms with E-state index in [1.54, 1.807) is 0 Å². The van der Waals surface area contributed by atoms with Crippen LogP contribution >= 0.6 is 0 Å². The van der Waals surface area contributed by atoms with Crippen LogP contribution in [-0.2, 0) is 9.59 Å². The maximum Gasteiger partial charge on any atom is 0.307 e. The molecule has 2 saturated carbocycles. The number of carbonyl (C=O) groups excluding carboxylic acids is 1. The summed E-state index contributed by atoms with van der Waals surface area (Å²) in [6.45, 7) is 0. The number of carbonyl (C=O) groups is 2. The van der Waals surface area contributed by atoms with Crippen LogP contribution in [0.25, 0.3) is 0 Å². The second-order valence-corrected chi connectivity index (χ2v) is 4.22. The number of carboxylic acids is 1. The van der Waals surface area contributed by atoms with Crippen LogP contribution in [0, 0.1) is 11.8 Å². The number of hydrogen-bond acceptors (Lipinski definition) is 3. The molecule has 5 nitrogen and oxygen atoms in total. The first-order chi connectivity index (χ1) is 6.58. The molecule has 0 aromatic carbocycles. The molecule has 1 amide bonds. The van der Waals surface area contributed by atoms with Gasteiger partial charge in [0.25, 0.3) is 0 Å². The Labute approximate surface area is 81.7 Å². The van der Waals surface area contributed by atoms with Crippen molar-refractivity contribution in [3.63, 3.8) is 0 Å². The molecule has 5 heteroatoms. The number of carboxylic acid groups (broad SMARTS) is 1. The van der Waals surface area contributed by atoms with Crippen molar-refractivity contribution in [1.82, 2.24) is 5.32 Å². The monoisotopic (exact) mass is 198 g/mol. The number of amides is 1. The molecule has 0 saturated heterocycles. The highest BCUT2D eigenvalue weighted by molar-refractivity contribution is 5.89. The summed E-state index contributed by atoms with van der Waals surface area (Å²) >= 11 is 0. The standard InChI is InChI=1S/C9H14N2O3/c10-4-1-5(2-4)11-8(12)6-3-7(6)9(13)14/h4-7H,1-3,10H2,(H,11,12)(H,13,14). The van der Waals surface area contributed by atoms with Gasteiger partial charge in [-0.05, 0) is 19.3 Å². The zero-order chi connectivity index (χ0) is 10.3. The molecule has 14 heavy (non-hydrogen) atoms. The molecule has 2 atom stereocenters. The predicted octanol–water partition coefficient (Wildman–Crippen LogP) is -0.687. The third-order valence-electron chi connectivity index (χ3n) is 2.97. The third-order valence-corrected chi connectivity index (χ3v) is 2.97. The molecule has 0 aliphatic heterocycles. The number of hydrogen-bond donors (Lipinski definition) is 3. The van der Waals surface area contributed by atoms with E-state index < -0.39 is 11.9 Å². The summed E-state index contributed by atoms with van der Waals surface area (Å²) in [6.07, 6.45) is 2.12. The summed E-state index contributed by atoms with van der Waals surface area (Å²) in [5.41, 5.74) is 5.57. The van der Waals surface area contributed by atoms with E-state index >= 15 is 0 Å². The zero-order valence-corrected chi connectivity index (χ0v) is 7.77. The average Bonchev–Trinajstić information content (AvgIpc) is 2.79. The average molecular weight is 198 g/mol. The van der Waals surface area contributed by atoms with E-state index in [4.69, 9.17) is 10.8 Å². The Morgan fingerprint density at radius 1 is 1.21 bits per heavy atom. The molecule has 0 heterocycles. The molecular formula is C9H14N2O3. The molecule has 4 N–H and O–H groups in total. The Balaban J connectivity index is 1.73. The fourth-order valence-electron chi connectivity index (χ4n) is 1.85. The zero-order valence-electron chi connectivity index (χ0n) is 7.77. The fourth-order valence-corrected chi connectivity index (χ4v) is 1.85. The van der Waals surface area contributed by atoms with E-state index in [2.05, 4.69) is 5.32 Å². The van der Waals surface area contributed by atoms with Gasteiger partial charge in [0.05, 0.1) is 11.8 Å². The van der Waals surface area contributed by atoms with Crippen molar-refractivity contribution in [2.24, 2.45) is 17.6 Å². The Kier molecular flexibility index (Phi) is 2.19. The van der Waals surface area contributed by atoms with Gasteiger partial charge in [-0.25, -0.2) is 0 Å². The van der Waals surface area contributed by atoms with E-state index in [1.165, 1.54) is 0 Å². The fraction of sp³-hybridized carbons (Fsp3) is 0.778. The van der Waals surface area contributed by atoms with Gasteiger partial charge in [-0.2, -0.15) is 0 Å². The van der Waals surface area contributed by atoms with Gasteiger partial charge < -0.3 is 16.2 Å². The summed E-state index contributed by atoms with van der Waals surface area (Å²) in [5, 5.41) is 11.4. The van der Waals surface area contributed by atoms with Crippen LogP contribution in [0.5, 0.6) is 0 Å². The summed E-state index contributed by atoms with van der Waals surface area (Å²) < 4.78 is 0. The van der Waals surface area contributed by atoms with Gasteiger partial charge >= 0.3 is 5.97 Å². The largest absolute Gasteiger partial charge is 0.481 e. The van der Waals surface area contributed by atoms with Crippen LogP contribution in [0.4, 0.5) is 0 Å². The van der Waals surface area contributed by atoms with E-state index in [9.17, 15) is 9.59 Å². The lowest BCUT2D eigenvalue weighted by Crippen LogP contribution is -2.50. The van der Waals surface area contributed by atoms with Gasteiger partial charge in [0.1, 0.15) is 0 Å². The normalized spacial score (nSPS) is 39.8. The molecule has 0 aromatic rings. The SMILES string of the molecule is NC1CC(NC(=O)C2CC2C(=O)O)C1. The summed E-state index contributed by atoms with van der Waals surface area (Å²) in [5.74, 6) is -1.74. The molecule has 2 unspecified atom stereocenters. The molecule has 2 rings (SSSR count). The van der Waals surface area contributed by atoms with Crippen molar-refractivity contribution >= 4 is 11.9 Å². The predicted molar refractivity (Wildman–Crippen MR) is 48.4 cm³/mol. The lowest BCUT2D eigenvalue weighted by Gasteiger charge is -2.33. The second kappa shape index (κ2) is 3.24. The molecular weight excluding hydrogens is 184 g/mol. The molecule has 0 bridgehead atoms. The van der Waals surface area contributed by atoms with Gasteiger partial charge in [0.15, 0.2) is 0 Å². The molecule has 0 aromatic heterocycles. The maximum absolute atomic E-state index is 11.4. The molecule has 2 aliphatic carbocycles. The first kappa shape index (κ1) is 9.45. The number of rotatable bonds is 3. The van der Waals surface area contributed by atoms with E-state index in [1.807, 2.05) is 0 Å². The van der Waals surface area contributed by atoms with Crippen LogP contribution in [0.1, 0.15) is 19.3 Å². The van der Waals surface area contributed by atoms with Gasteiger partial charge in [-0.15, -0.1) is 0 Å². The van der Waals surface area contributed by atoms with E-state index in [-0.39, 0.29) is 23.9 Å². The topological polar surface area (TPSA) is 92.4 Å². The second-order valence-electron chi connectivity index (χ2n) is 4.22. The molecule has 0 spiro atoms. The highest BCUT2D eigenvalue weighted by atomic mass is 16.4. The minimum Gasteiger partial charge on any atom is -0.481 e. The van der Waals surface area contributed by atoms with Crippen molar-refractivity contribution < 1.29 is 14.7 Å². The van der Waals surface area contributed by atoms with Crippen LogP contribution < -0.4 is 11.1 Å². The van der Waals surface area contributed by atoms with Crippen LogP contribution in [0.3, 0.4) is 0 Å². The smallest absolute Gasteiger partial charge is 0.307 e. The number of aliphatic carboxylic acids is 1. The highest BCUT2D eigenvalue weighted by Gasteiger charge is 2.49. The van der Waals surface area contributed by atoms with Crippen molar-refractivity contribution in [2.45, 2.75) is 31.3 Å². The summed E-state index contributed by atoms with van der Waals surface area (Å²) in [4.78, 5) is 21.9. The molecule has 2 aliphatic rings.